The number of aliphatic hydroxyl groups is 1. The molecule has 0 radical (unpaired) electrons. The van der Waals surface area contributed by atoms with Gasteiger partial charge in [-0.25, -0.2) is 13.9 Å². The van der Waals surface area contributed by atoms with Crippen LogP contribution in [-0.2, 0) is 26.0 Å². The van der Waals surface area contributed by atoms with Gasteiger partial charge in [0.25, 0.3) is 5.91 Å². The minimum Gasteiger partial charge on any atom is -0.489 e. The van der Waals surface area contributed by atoms with Crippen LogP contribution in [0.5, 0.6) is 5.75 Å². The Balaban J connectivity index is 1.79. The molecule has 2 aromatic carbocycles. The predicted molar refractivity (Wildman–Crippen MR) is 109 cm³/mol. The van der Waals surface area contributed by atoms with Gasteiger partial charge in [0.2, 0.25) is 0 Å². The van der Waals surface area contributed by atoms with Gasteiger partial charge in [0.1, 0.15) is 17.6 Å². The highest BCUT2D eigenvalue weighted by Gasteiger charge is 2.53. The zero-order chi connectivity index (χ0) is 21.9. The van der Waals surface area contributed by atoms with E-state index in [1.807, 2.05) is 0 Å². The van der Waals surface area contributed by atoms with E-state index in [4.69, 9.17) is 37.9 Å². The number of carbonyl (C=O) groups is 1. The standard InChI is InChI=1S/C19H19Cl2NO7S/c20-13-1-6-16(21)12(9-13)10-29-14-2-4-15(5-3-14)30(26,27)17-7-8-28-11-19(17,24)18(23)22-25/h1-6,9,17,24-25H,7-8,10-11H2,(H,22,23)/t17-,19-/m1/s1. The molecule has 1 amide bonds. The normalized spacial score (nSPS) is 21.8. The molecule has 0 aromatic heterocycles. The third-order valence-corrected chi connectivity index (χ3v) is 7.71. The Morgan fingerprint density at radius 3 is 2.60 bits per heavy atom. The highest BCUT2D eigenvalue weighted by atomic mass is 35.5. The third-order valence-electron chi connectivity index (χ3n) is 4.80. The van der Waals surface area contributed by atoms with Gasteiger partial charge < -0.3 is 14.6 Å². The molecule has 0 saturated carbocycles. The van der Waals surface area contributed by atoms with E-state index in [9.17, 15) is 18.3 Å². The molecule has 3 rings (SSSR count). The van der Waals surface area contributed by atoms with Gasteiger partial charge in [-0.1, -0.05) is 23.2 Å². The molecule has 2 aromatic rings. The molecule has 0 unspecified atom stereocenters. The van der Waals surface area contributed by atoms with Crippen LogP contribution in [-0.4, -0.2) is 48.7 Å². The highest BCUT2D eigenvalue weighted by Crippen LogP contribution is 2.32. The zero-order valence-corrected chi connectivity index (χ0v) is 17.9. The Hall–Kier alpha value is -1.88. The predicted octanol–water partition coefficient (Wildman–Crippen LogP) is 2.37. The van der Waals surface area contributed by atoms with Crippen LogP contribution >= 0.6 is 23.2 Å². The van der Waals surface area contributed by atoms with Crippen molar-refractivity contribution in [2.45, 2.75) is 28.8 Å². The molecule has 30 heavy (non-hydrogen) atoms. The Bertz CT molecular complexity index is 1030. The van der Waals surface area contributed by atoms with Gasteiger partial charge >= 0.3 is 0 Å². The van der Waals surface area contributed by atoms with Gasteiger partial charge in [-0.3, -0.25) is 10.0 Å². The summed E-state index contributed by atoms with van der Waals surface area (Å²) in [4.78, 5) is 11.8. The SMILES string of the molecule is O=C(NO)[C@@]1(O)COCC[C@H]1S(=O)(=O)c1ccc(OCc2cc(Cl)ccc2Cl)cc1. The van der Waals surface area contributed by atoms with E-state index >= 15 is 0 Å². The Labute approximate surface area is 183 Å². The number of hydrogen-bond acceptors (Lipinski definition) is 7. The molecule has 0 spiro atoms. The van der Waals surface area contributed by atoms with Crippen molar-refractivity contribution in [3.8, 4) is 5.75 Å². The van der Waals surface area contributed by atoms with Crippen LogP contribution in [0.15, 0.2) is 47.4 Å². The maximum Gasteiger partial charge on any atom is 0.279 e. The van der Waals surface area contributed by atoms with E-state index in [1.165, 1.54) is 29.7 Å². The van der Waals surface area contributed by atoms with E-state index in [0.29, 0.717) is 21.4 Å². The third kappa shape index (κ3) is 4.56. The largest absolute Gasteiger partial charge is 0.489 e. The van der Waals surface area contributed by atoms with Crippen molar-refractivity contribution in [3.05, 3.63) is 58.1 Å². The van der Waals surface area contributed by atoms with Crippen LogP contribution < -0.4 is 10.2 Å². The lowest BCUT2D eigenvalue weighted by Gasteiger charge is -2.36. The summed E-state index contributed by atoms with van der Waals surface area (Å²) in [5.41, 5.74) is -0.438. The second kappa shape index (κ2) is 9.09. The molecule has 0 aliphatic carbocycles. The molecule has 1 aliphatic rings. The summed E-state index contributed by atoms with van der Waals surface area (Å²) < 4.78 is 36.8. The van der Waals surface area contributed by atoms with Crippen LogP contribution in [0, 0.1) is 0 Å². The molecular formula is C19H19Cl2NO7S. The molecule has 0 bridgehead atoms. The number of halogens is 2. The van der Waals surface area contributed by atoms with Crippen LogP contribution in [0.25, 0.3) is 0 Å². The van der Waals surface area contributed by atoms with E-state index < -0.39 is 33.2 Å². The Morgan fingerprint density at radius 1 is 1.23 bits per heavy atom. The summed E-state index contributed by atoms with van der Waals surface area (Å²) in [6, 6.07) is 10.5. The van der Waals surface area contributed by atoms with E-state index in [-0.39, 0.29) is 24.5 Å². The van der Waals surface area contributed by atoms with Crippen molar-refractivity contribution >= 4 is 38.9 Å². The van der Waals surface area contributed by atoms with Crippen LogP contribution in [0.1, 0.15) is 12.0 Å². The number of sulfone groups is 1. The first kappa shape index (κ1) is 22.8. The molecule has 3 N–H and O–H groups in total. The number of ether oxygens (including phenoxy) is 2. The molecule has 162 valence electrons. The summed E-state index contributed by atoms with van der Waals surface area (Å²) in [7, 11) is -4.12. The maximum absolute atomic E-state index is 13.0. The lowest BCUT2D eigenvalue weighted by molar-refractivity contribution is -0.161. The van der Waals surface area contributed by atoms with Crippen LogP contribution in [0.4, 0.5) is 0 Å². The van der Waals surface area contributed by atoms with Crippen LogP contribution in [0.2, 0.25) is 10.0 Å². The van der Waals surface area contributed by atoms with Gasteiger partial charge in [-0.05, 0) is 48.9 Å². The summed E-state index contributed by atoms with van der Waals surface area (Å²) in [6.45, 7) is -0.376. The smallest absolute Gasteiger partial charge is 0.279 e. The number of amides is 1. The first-order chi connectivity index (χ1) is 14.2. The average Bonchev–Trinajstić information content (AvgIpc) is 2.74. The van der Waals surface area contributed by atoms with Crippen molar-refractivity contribution in [1.82, 2.24) is 5.48 Å². The fourth-order valence-corrected chi connectivity index (χ4v) is 5.48. The second-order valence-corrected chi connectivity index (χ2v) is 9.71. The Morgan fingerprint density at radius 2 is 1.93 bits per heavy atom. The van der Waals surface area contributed by atoms with E-state index in [0.717, 1.165) is 0 Å². The average molecular weight is 476 g/mol. The number of hydrogen-bond donors (Lipinski definition) is 3. The summed E-state index contributed by atoms with van der Waals surface area (Å²) in [5.74, 6) is -0.852. The molecule has 1 aliphatic heterocycles. The summed E-state index contributed by atoms with van der Waals surface area (Å²) in [6.07, 6.45) is -0.113. The number of rotatable bonds is 6. The lowest BCUT2D eigenvalue weighted by Crippen LogP contribution is -2.62. The minimum absolute atomic E-state index is 0.0481. The molecule has 1 saturated heterocycles. The molecule has 1 fully saturated rings. The second-order valence-electron chi connectivity index (χ2n) is 6.74. The number of carbonyl (C=O) groups excluding carboxylic acids is 1. The zero-order valence-electron chi connectivity index (χ0n) is 15.5. The van der Waals surface area contributed by atoms with Crippen molar-refractivity contribution in [1.29, 1.82) is 0 Å². The minimum atomic E-state index is -4.12. The molecular weight excluding hydrogens is 457 g/mol. The maximum atomic E-state index is 13.0. The Kier molecular flexibility index (Phi) is 6.91. The van der Waals surface area contributed by atoms with E-state index in [1.54, 1.807) is 18.2 Å². The molecule has 2 atom stereocenters. The van der Waals surface area contributed by atoms with Crippen LogP contribution in [0.3, 0.4) is 0 Å². The van der Waals surface area contributed by atoms with Gasteiger partial charge in [0, 0.05) is 22.2 Å². The fourth-order valence-electron chi connectivity index (χ4n) is 3.18. The van der Waals surface area contributed by atoms with Gasteiger partial charge in [-0.15, -0.1) is 0 Å². The topological polar surface area (TPSA) is 122 Å². The van der Waals surface area contributed by atoms with Crippen molar-refractivity contribution in [2.75, 3.05) is 13.2 Å². The molecule has 1 heterocycles. The molecule has 11 heteroatoms. The quantitative estimate of drug-likeness (QED) is 0.432. The van der Waals surface area contributed by atoms with Crippen molar-refractivity contribution in [2.24, 2.45) is 0 Å². The number of benzene rings is 2. The van der Waals surface area contributed by atoms with Gasteiger partial charge in [0.15, 0.2) is 15.4 Å². The number of nitrogens with one attached hydrogen (secondary N) is 1. The molecule has 8 nitrogen and oxygen atoms in total. The lowest BCUT2D eigenvalue weighted by atomic mass is 9.95. The van der Waals surface area contributed by atoms with Crippen molar-refractivity contribution < 1.29 is 33.0 Å². The number of hydroxylamine groups is 1. The fraction of sp³-hybridized carbons (Fsp3) is 0.316. The first-order valence-corrected chi connectivity index (χ1v) is 11.1. The summed E-state index contributed by atoms with van der Waals surface area (Å²) >= 11 is 12.0. The first-order valence-electron chi connectivity index (χ1n) is 8.84. The summed E-state index contributed by atoms with van der Waals surface area (Å²) in [5, 5.41) is 19.0. The van der Waals surface area contributed by atoms with Gasteiger partial charge in [0.05, 0.1) is 11.5 Å². The van der Waals surface area contributed by atoms with Gasteiger partial charge in [-0.2, -0.15) is 0 Å². The monoisotopic (exact) mass is 475 g/mol. The van der Waals surface area contributed by atoms with Crippen molar-refractivity contribution in [3.63, 3.8) is 0 Å². The highest BCUT2D eigenvalue weighted by molar-refractivity contribution is 7.92. The van der Waals surface area contributed by atoms with E-state index in [2.05, 4.69) is 0 Å².